The van der Waals surface area contributed by atoms with Gasteiger partial charge in [-0.1, -0.05) is 42.5 Å². The van der Waals surface area contributed by atoms with E-state index in [1.165, 1.54) is 0 Å². The number of H-pyrrole nitrogens is 1. The summed E-state index contributed by atoms with van der Waals surface area (Å²) < 4.78 is 16.2. The van der Waals surface area contributed by atoms with Crippen LogP contribution in [0.5, 0.6) is 0 Å². The number of rotatable bonds is 1. The second-order valence-corrected chi connectivity index (χ2v) is 4.48. The van der Waals surface area contributed by atoms with Crippen molar-refractivity contribution in [2.24, 2.45) is 0 Å². The third-order valence-electron chi connectivity index (χ3n) is 3.03. The van der Waals surface area contributed by atoms with Crippen molar-refractivity contribution in [2.45, 2.75) is 18.6 Å². The molecule has 16 heavy (non-hydrogen) atoms. The third kappa shape index (κ3) is 1.41. The normalized spacial score (nSPS) is 23.3. The van der Waals surface area contributed by atoms with E-state index in [0.717, 1.165) is 5.56 Å². The van der Waals surface area contributed by atoms with Crippen molar-refractivity contribution in [1.29, 1.82) is 0 Å². The Labute approximate surface area is 97.7 Å². The van der Waals surface area contributed by atoms with Gasteiger partial charge in [-0.15, -0.1) is 0 Å². The van der Waals surface area contributed by atoms with Crippen LogP contribution in [0, 0.1) is 4.64 Å². The number of benzene rings is 1. The Morgan fingerprint density at radius 1 is 1.31 bits per heavy atom. The molecule has 0 bridgehead atoms. The molecule has 2 atom stereocenters. The number of aromatic nitrogens is 2. The van der Waals surface area contributed by atoms with Crippen LogP contribution in [0.4, 0.5) is 4.39 Å². The average molecular weight is 234 g/mol. The zero-order valence-electron chi connectivity index (χ0n) is 8.56. The highest BCUT2D eigenvalue weighted by Gasteiger charge is 2.32. The fraction of sp³-hybridized carbons (Fsp3) is 0.250. The van der Waals surface area contributed by atoms with Gasteiger partial charge in [0.15, 0.2) is 0 Å². The second kappa shape index (κ2) is 3.56. The fourth-order valence-electron chi connectivity index (χ4n) is 2.30. The van der Waals surface area contributed by atoms with Crippen LogP contribution in [-0.2, 0) is 0 Å². The van der Waals surface area contributed by atoms with E-state index in [9.17, 15) is 4.39 Å². The first-order chi connectivity index (χ1) is 7.75. The van der Waals surface area contributed by atoms with Crippen molar-refractivity contribution in [3.8, 4) is 0 Å². The summed E-state index contributed by atoms with van der Waals surface area (Å²) in [4.78, 5) is 0. The lowest BCUT2D eigenvalue weighted by atomic mass is 10.0. The van der Waals surface area contributed by atoms with Crippen LogP contribution in [0.15, 0.2) is 36.4 Å². The smallest absolute Gasteiger partial charge is 0.144 e. The highest BCUT2D eigenvalue weighted by Crippen LogP contribution is 2.39. The van der Waals surface area contributed by atoms with Gasteiger partial charge in [-0.25, -0.2) is 4.39 Å². The molecule has 1 aliphatic rings. The Hall–Kier alpha value is -1.42. The largest absolute Gasteiger partial charge is 0.288 e. The molecule has 2 heterocycles. The maximum absolute atomic E-state index is 13.8. The number of hydrogen-bond donors (Lipinski definition) is 1. The van der Waals surface area contributed by atoms with Crippen LogP contribution in [0.3, 0.4) is 0 Å². The average Bonchev–Trinajstić information content (AvgIpc) is 2.80. The summed E-state index contributed by atoms with van der Waals surface area (Å²) in [7, 11) is 0. The van der Waals surface area contributed by atoms with Crippen LogP contribution in [0.2, 0.25) is 0 Å². The molecule has 1 aliphatic heterocycles. The summed E-state index contributed by atoms with van der Waals surface area (Å²) >= 11 is 5.03. The number of alkyl halides is 1. The number of halogens is 1. The van der Waals surface area contributed by atoms with Gasteiger partial charge in [-0.2, -0.15) is 0 Å². The van der Waals surface area contributed by atoms with Gasteiger partial charge in [-0.3, -0.25) is 9.78 Å². The predicted molar refractivity (Wildman–Crippen MR) is 62.7 cm³/mol. The van der Waals surface area contributed by atoms with E-state index < -0.39 is 6.17 Å². The summed E-state index contributed by atoms with van der Waals surface area (Å²) in [6, 6.07) is 11.7. The second-order valence-electron chi connectivity index (χ2n) is 4.04. The minimum Gasteiger partial charge on any atom is -0.288 e. The van der Waals surface area contributed by atoms with Crippen LogP contribution in [0.1, 0.15) is 29.9 Å². The van der Waals surface area contributed by atoms with E-state index in [2.05, 4.69) is 5.10 Å². The predicted octanol–water partition coefficient (Wildman–Crippen LogP) is 3.55. The highest BCUT2D eigenvalue weighted by atomic mass is 32.1. The van der Waals surface area contributed by atoms with Gasteiger partial charge in [0.25, 0.3) is 0 Å². The SMILES string of the molecule is F[C@H]1C[C@@H](c2ccccc2)n2[nH]c(=S)cc21. The highest BCUT2D eigenvalue weighted by molar-refractivity contribution is 7.71. The molecule has 0 unspecified atom stereocenters. The summed E-state index contributed by atoms with van der Waals surface area (Å²) in [5.74, 6) is 0. The first-order valence-corrected chi connectivity index (χ1v) is 5.67. The molecular formula is C12H11FN2S. The standard InChI is InChI=1S/C12H11FN2S/c13-9-6-10(8-4-2-1-3-5-8)15-11(9)7-12(16)14-15/h1-5,7,9-10H,6H2,(H,14,16)/t9-,10-/m0/s1. The molecule has 0 saturated carbocycles. The summed E-state index contributed by atoms with van der Waals surface area (Å²) in [6.07, 6.45) is -0.427. The van der Waals surface area contributed by atoms with Gasteiger partial charge in [0, 0.05) is 6.42 Å². The van der Waals surface area contributed by atoms with E-state index in [-0.39, 0.29) is 6.04 Å². The van der Waals surface area contributed by atoms with Crippen molar-refractivity contribution >= 4 is 12.2 Å². The summed E-state index contributed by atoms with van der Waals surface area (Å²) in [5.41, 5.74) is 1.78. The Morgan fingerprint density at radius 3 is 2.81 bits per heavy atom. The van der Waals surface area contributed by atoms with E-state index in [1.54, 1.807) is 6.07 Å². The zero-order valence-corrected chi connectivity index (χ0v) is 9.38. The van der Waals surface area contributed by atoms with Gasteiger partial charge in [0.2, 0.25) is 0 Å². The maximum atomic E-state index is 13.8. The Kier molecular flexibility index (Phi) is 2.17. The molecule has 1 N–H and O–H groups in total. The molecule has 0 saturated heterocycles. The number of aromatic amines is 1. The molecule has 3 rings (SSSR count). The zero-order chi connectivity index (χ0) is 11.1. The lowest BCUT2D eigenvalue weighted by Crippen LogP contribution is -2.06. The van der Waals surface area contributed by atoms with E-state index >= 15 is 0 Å². The van der Waals surface area contributed by atoms with Gasteiger partial charge < -0.3 is 0 Å². The molecular weight excluding hydrogens is 223 g/mol. The molecule has 0 aliphatic carbocycles. The van der Waals surface area contributed by atoms with Gasteiger partial charge in [0.1, 0.15) is 10.8 Å². The molecule has 82 valence electrons. The maximum Gasteiger partial charge on any atom is 0.144 e. The van der Waals surface area contributed by atoms with Crippen molar-refractivity contribution in [2.75, 3.05) is 0 Å². The minimum atomic E-state index is -0.918. The van der Waals surface area contributed by atoms with Crippen molar-refractivity contribution < 1.29 is 4.39 Å². The number of hydrogen-bond acceptors (Lipinski definition) is 1. The topological polar surface area (TPSA) is 20.7 Å². The monoisotopic (exact) mass is 234 g/mol. The number of nitrogens with one attached hydrogen (secondary N) is 1. The molecule has 0 radical (unpaired) electrons. The minimum absolute atomic E-state index is 0.0444. The lowest BCUT2D eigenvalue weighted by Gasteiger charge is -2.12. The third-order valence-corrected chi connectivity index (χ3v) is 3.24. The van der Waals surface area contributed by atoms with Crippen LogP contribution >= 0.6 is 12.2 Å². The van der Waals surface area contributed by atoms with Gasteiger partial charge in [0.05, 0.1) is 11.7 Å². The van der Waals surface area contributed by atoms with Crippen molar-refractivity contribution in [3.05, 3.63) is 52.3 Å². The lowest BCUT2D eigenvalue weighted by molar-refractivity contribution is 0.334. The molecule has 1 aromatic carbocycles. The molecule has 0 amide bonds. The molecule has 2 aromatic rings. The van der Waals surface area contributed by atoms with Gasteiger partial charge >= 0.3 is 0 Å². The van der Waals surface area contributed by atoms with E-state index in [0.29, 0.717) is 16.8 Å². The molecule has 4 heteroatoms. The summed E-state index contributed by atoms with van der Waals surface area (Å²) in [6.45, 7) is 0. The van der Waals surface area contributed by atoms with E-state index in [4.69, 9.17) is 12.2 Å². The first-order valence-electron chi connectivity index (χ1n) is 5.26. The number of fused-ring (bicyclic) bond motifs is 1. The molecule has 0 spiro atoms. The molecule has 1 aromatic heterocycles. The van der Waals surface area contributed by atoms with Crippen LogP contribution in [-0.4, -0.2) is 9.78 Å². The van der Waals surface area contributed by atoms with Crippen LogP contribution in [0.25, 0.3) is 0 Å². The molecule has 0 fully saturated rings. The number of nitrogens with zero attached hydrogens (tertiary/aromatic N) is 1. The summed E-state index contributed by atoms with van der Waals surface area (Å²) in [5, 5.41) is 3.03. The van der Waals surface area contributed by atoms with Crippen LogP contribution < -0.4 is 0 Å². The Morgan fingerprint density at radius 2 is 2.06 bits per heavy atom. The molecule has 2 nitrogen and oxygen atoms in total. The first kappa shape index (κ1) is 9.78. The van der Waals surface area contributed by atoms with Crippen molar-refractivity contribution in [3.63, 3.8) is 0 Å². The van der Waals surface area contributed by atoms with Gasteiger partial charge in [-0.05, 0) is 11.6 Å². The van der Waals surface area contributed by atoms with Crippen molar-refractivity contribution in [1.82, 2.24) is 9.78 Å². The van der Waals surface area contributed by atoms with E-state index in [1.807, 2.05) is 35.0 Å². The Balaban J connectivity index is 2.10. The fourth-order valence-corrected chi connectivity index (χ4v) is 2.52. The quantitative estimate of drug-likeness (QED) is 0.748. The Bertz CT molecular complexity index is 558.